The molecule has 1 amide bonds. The first-order valence-electron chi connectivity index (χ1n) is 8.32. The summed E-state index contributed by atoms with van der Waals surface area (Å²) in [5, 5.41) is 3.43. The highest BCUT2D eigenvalue weighted by atomic mass is 35.5. The van der Waals surface area contributed by atoms with Crippen molar-refractivity contribution in [3.63, 3.8) is 0 Å². The molecule has 8 heteroatoms. The SMILES string of the molecule is CCN(CC)S(=O)(=O)c1ccc(C=CC(=O)Nc2ccc(Cl)c(Cl)c2)cc1. The van der Waals surface area contributed by atoms with Crippen LogP contribution in [-0.4, -0.2) is 31.7 Å². The van der Waals surface area contributed by atoms with Gasteiger partial charge in [-0.15, -0.1) is 0 Å². The van der Waals surface area contributed by atoms with Crippen molar-refractivity contribution in [2.75, 3.05) is 18.4 Å². The summed E-state index contributed by atoms with van der Waals surface area (Å²) in [6.07, 6.45) is 2.96. The second-order valence-corrected chi connectivity index (χ2v) is 8.36. The van der Waals surface area contributed by atoms with Gasteiger partial charge in [0.2, 0.25) is 15.9 Å². The van der Waals surface area contributed by atoms with Gasteiger partial charge >= 0.3 is 0 Å². The molecule has 5 nitrogen and oxygen atoms in total. The van der Waals surface area contributed by atoms with Crippen molar-refractivity contribution in [2.24, 2.45) is 0 Å². The highest BCUT2D eigenvalue weighted by Gasteiger charge is 2.20. The minimum Gasteiger partial charge on any atom is -0.322 e. The Labute approximate surface area is 169 Å². The van der Waals surface area contributed by atoms with Crippen LogP contribution in [0.5, 0.6) is 0 Å². The zero-order valence-electron chi connectivity index (χ0n) is 14.9. The molecule has 2 rings (SSSR count). The smallest absolute Gasteiger partial charge is 0.248 e. The highest BCUT2D eigenvalue weighted by molar-refractivity contribution is 7.89. The Kier molecular flexibility index (Phi) is 7.44. The number of hydrogen-bond acceptors (Lipinski definition) is 3. The summed E-state index contributed by atoms with van der Waals surface area (Å²) in [6.45, 7) is 4.42. The fraction of sp³-hybridized carbons (Fsp3) is 0.211. The van der Waals surface area contributed by atoms with Crippen molar-refractivity contribution in [1.82, 2.24) is 4.31 Å². The number of anilines is 1. The van der Waals surface area contributed by atoms with Crippen molar-refractivity contribution in [3.05, 3.63) is 64.1 Å². The van der Waals surface area contributed by atoms with E-state index in [0.29, 0.717) is 34.4 Å². The summed E-state index contributed by atoms with van der Waals surface area (Å²) < 4.78 is 26.3. The minimum atomic E-state index is -3.49. The van der Waals surface area contributed by atoms with Gasteiger partial charge < -0.3 is 5.32 Å². The fourth-order valence-corrected chi connectivity index (χ4v) is 4.15. The molecule has 0 saturated heterocycles. The van der Waals surface area contributed by atoms with Crippen LogP contribution in [0.4, 0.5) is 5.69 Å². The summed E-state index contributed by atoms with van der Waals surface area (Å²) in [5.74, 6) is -0.340. The predicted octanol–water partition coefficient (Wildman–Crippen LogP) is 4.68. The normalized spacial score (nSPS) is 11.9. The molecule has 0 fully saturated rings. The van der Waals surface area contributed by atoms with E-state index in [0.717, 1.165) is 0 Å². The van der Waals surface area contributed by atoms with Crippen molar-refractivity contribution in [1.29, 1.82) is 0 Å². The lowest BCUT2D eigenvalue weighted by Gasteiger charge is -2.18. The van der Waals surface area contributed by atoms with Crippen molar-refractivity contribution in [3.8, 4) is 0 Å². The van der Waals surface area contributed by atoms with Crippen LogP contribution in [0.2, 0.25) is 10.0 Å². The van der Waals surface area contributed by atoms with E-state index in [9.17, 15) is 13.2 Å². The Balaban J connectivity index is 2.07. The van der Waals surface area contributed by atoms with Gasteiger partial charge in [0, 0.05) is 24.9 Å². The number of rotatable bonds is 7. The molecular formula is C19H20Cl2N2O3S. The monoisotopic (exact) mass is 426 g/mol. The molecule has 2 aromatic rings. The first-order chi connectivity index (χ1) is 12.8. The number of nitrogens with one attached hydrogen (secondary N) is 1. The number of hydrogen-bond donors (Lipinski definition) is 1. The molecule has 0 radical (unpaired) electrons. The first kappa shape index (κ1) is 21.4. The van der Waals surface area contributed by atoms with Gasteiger partial charge in [0.25, 0.3) is 0 Å². The quantitative estimate of drug-likeness (QED) is 0.653. The Morgan fingerprint density at radius 2 is 1.67 bits per heavy atom. The average Bonchev–Trinajstić information content (AvgIpc) is 2.64. The van der Waals surface area contributed by atoms with Crippen molar-refractivity contribution in [2.45, 2.75) is 18.7 Å². The topological polar surface area (TPSA) is 66.5 Å². The van der Waals surface area contributed by atoms with Gasteiger partial charge in [0.15, 0.2) is 0 Å². The lowest BCUT2D eigenvalue weighted by atomic mass is 10.2. The molecule has 0 heterocycles. The van der Waals surface area contributed by atoms with Gasteiger partial charge in [0.05, 0.1) is 14.9 Å². The van der Waals surface area contributed by atoms with Crippen LogP contribution in [0.15, 0.2) is 53.4 Å². The number of halogens is 2. The lowest BCUT2D eigenvalue weighted by Crippen LogP contribution is -2.30. The predicted molar refractivity (Wildman–Crippen MR) is 111 cm³/mol. The largest absolute Gasteiger partial charge is 0.322 e. The van der Waals surface area contributed by atoms with Crippen molar-refractivity contribution >= 4 is 50.9 Å². The van der Waals surface area contributed by atoms with E-state index in [1.54, 1.807) is 50.3 Å². The molecule has 0 aliphatic heterocycles. The zero-order valence-corrected chi connectivity index (χ0v) is 17.3. The lowest BCUT2D eigenvalue weighted by molar-refractivity contribution is -0.111. The van der Waals surface area contributed by atoms with Crippen LogP contribution >= 0.6 is 23.2 Å². The third kappa shape index (κ3) is 5.56. The second kappa shape index (κ2) is 9.37. The van der Waals surface area contributed by atoms with E-state index in [2.05, 4.69) is 5.32 Å². The maximum absolute atomic E-state index is 12.5. The van der Waals surface area contributed by atoms with E-state index >= 15 is 0 Å². The van der Waals surface area contributed by atoms with Gasteiger partial charge in [-0.05, 0) is 42.0 Å². The van der Waals surface area contributed by atoms with Crippen LogP contribution in [0.25, 0.3) is 6.08 Å². The van der Waals surface area contributed by atoms with Gasteiger partial charge in [0.1, 0.15) is 0 Å². The summed E-state index contributed by atoms with van der Waals surface area (Å²) in [5.41, 5.74) is 1.23. The van der Waals surface area contributed by atoms with Gasteiger partial charge in [-0.2, -0.15) is 4.31 Å². The van der Waals surface area contributed by atoms with Crippen LogP contribution in [0.1, 0.15) is 19.4 Å². The number of amides is 1. The maximum Gasteiger partial charge on any atom is 0.248 e. The molecule has 0 unspecified atom stereocenters. The number of carbonyl (C=O) groups is 1. The molecule has 144 valence electrons. The van der Waals surface area contributed by atoms with Gasteiger partial charge in [-0.25, -0.2) is 8.42 Å². The molecule has 0 aliphatic rings. The zero-order chi connectivity index (χ0) is 20.0. The molecule has 0 saturated carbocycles. The molecule has 0 spiro atoms. The Morgan fingerprint density at radius 1 is 1.04 bits per heavy atom. The van der Waals surface area contributed by atoms with E-state index in [-0.39, 0.29) is 10.8 Å². The van der Waals surface area contributed by atoms with Crippen LogP contribution in [0, 0.1) is 0 Å². The third-order valence-electron chi connectivity index (χ3n) is 3.84. The van der Waals surface area contributed by atoms with Crippen LogP contribution < -0.4 is 5.32 Å². The molecule has 27 heavy (non-hydrogen) atoms. The summed E-state index contributed by atoms with van der Waals surface area (Å²) in [4.78, 5) is 12.2. The fourth-order valence-electron chi connectivity index (χ4n) is 2.39. The first-order valence-corrected chi connectivity index (χ1v) is 10.5. The number of benzene rings is 2. The van der Waals surface area contributed by atoms with E-state index in [1.165, 1.54) is 22.5 Å². The van der Waals surface area contributed by atoms with E-state index in [4.69, 9.17) is 23.2 Å². The van der Waals surface area contributed by atoms with E-state index in [1.807, 2.05) is 0 Å². The van der Waals surface area contributed by atoms with E-state index < -0.39 is 10.0 Å². The summed E-state index contributed by atoms with van der Waals surface area (Å²) >= 11 is 11.7. The Bertz CT molecular complexity index is 938. The molecule has 0 atom stereocenters. The molecule has 1 N–H and O–H groups in total. The molecule has 2 aromatic carbocycles. The highest BCUT2D eigenvalue weighted by Crippen LogP contribution is 2.25. The molecule has 0 aromatic heterocycles. The maximum atomic E-state index is 12.5. The van der Waals surface area contributed by atoms with Gasteiger partial charge in [-0.3, -0.25) is 4.79 Å². The van der Waals surface area contributed by atoms with Gasteiger partial charge in [-0.1, -0.05) is 49.2 Å². The summed E-state index contributed by atoms with van der Waals surface area (Å²) in [7, 11) is -3.49. The molecule has 0 aliphatic carbocycles. The number of sulfonamides is 1. The van der Waals surface area contributed by atoms with Crippen LogP contribution in [-0.2, 0) is 14.8 Å². The second-order valence-electron chi connectivity index (χ2n) is 5.61. The summed E-state index contributed by atoms with van der Waals surface area (Å²) in [6, 6.07) is 11.2. The minimum absolute atomic E-state index is 0.226. The molecular weight excluding hydrogens is 407 g/mol. The van der Waals surface area contributed by atoms with Crippen LogP contribution in [0.3, 0.4) is 0 Å². The average molecular weight is 427 g/mol. The number of nitrogens with zero attached hydrogens (tertiary/aromatic N) is 1. The third-order valence-corrected chi connectivity index (χ3v) is 6.64. The molecule has 0 bridgehead atoms. The van der Waals surface area contributed by atoms with Crippen molar-refractivity contribution < 1.29 is 13.2 Å². The Morgan fingerprint density at radius 3 is 2.22 bits per heavy atom. The Hall–Kier alpha value is -1.86. The standard InChI is InChI=1S/C19H20Cl2N2O3S/c1-3-23(4-2)27(25,26)16-9-5-14(6-10-16)7-12-19(24)22-15-8-11-17(20)18(21)13-15/h5-13H,3-4H2,1-2H3,(H,22,24). The number of carbonyl (C=O) groups excluding carboxylic acids is 1.